The molecule has 0 saturated carbocycles. The van der Waals surface area contributed by atoms with E-state index < -0.39 is 17.8 Å². The van der Waals surface area contributed by atoms with Crippen molar-refractivity contribution in [2.75, 3.05) is 19.5 Å². The largest absolute Gasteiger partial charge is 0.469 e. The zero-order chi connectivity index (χ0) is 27.7. The SMILES string of the molecule is COC(=O)CC1Cc2nccc(Oc3ccc4c(ccn4C(=O)Nc4cccc(C(F)(F)F)c4)c3)c2CN1C. The topological polar surface area (TPSA) is 85.7 Å². The normalized spacial score (nSPS) is 15.6. The van der Waals surface area contributed by atoms with Crippen molar-refractivity contribution < 1.29 is 32.2 Å². The van der Waals surface area contributed by atoms with E-state index in [0.29, 0.717) is 35.4 Å². The van der Waals surface area contributed by atoms with Gasteiger partial charge in [-0.25, -0.2) is 4.79 Å². The number of carbonyl (C=O) groups is 2. The molecule has 0 radical (unpaired) electrons. The molecule has 3 heterocycles. The number of hydrogen-bond acceptors (Lipinski definition) is 6. The van der Waals surface area contributed by atoms with Crippen molar-refractivity contribution in [3.63, 3.8) is 0 Å². The van der Waals surface area contributed by atoms with Gasteiger partial charge in [0, 0.05) is 48.0 Å². The van der Waals surface area contributed by atoms with Crippen molar-refractivity contribution in [1.82, 2.24) is 14.5 Å². The summed E-state index contributed by atoms with van der Waals surface area (Å²) < 4.78 is 51.4. The van der Waals surface area contributed by atoms with Crippen LogP contribution >= 0.6 is 0 Å². The van der Waals surface area contributed by atoms with Gasteiger partial charge in [0.1, 0.15) is 11.5 Å². The molecular weight excluding hydrogens is 513 g/mol. The van der Waals surface area contributed by atoms with Crippen molar-refractivity contribution >= 4 is 28.6 Å². The second-order valence-corrected chi connectivity index (χ2v) is 9.30. The number of aromatic nitrogens is 2. The van der Waals surface area contributed by atoms with E-state index in [-0.39, 0.29) is 24.1 Å². The lowest BCUT2D eigenvalue weighted by Gasteiger charge is -2.33. The highest BCUT2D eigenvalue weighted by atomic mass is 19.4. The number of likely N-dealkylation sites (N-methyl/N-ethyl adjacent to an activating group) is 1. The Morgan fingerprint density at radius 2 is 1.95 bits per heavy atom. The van der Waals surface area contributed by atoms with E-state index in [1.54, 1.807) is 42.7 Å². The molecule has 0 spiro atoms. The summed E-state index contributed by atoms with van der Waals surface area (Å²) in [7, 11) is 3.31. The Morgan fingerprint density at radius 3 is 2.72 bits per heavy atom. The van der Waals surface area contributed by atoms with Crippen molar-refractivity contribution in [2.45, 2.75) is 31.6 Å². The lowest BCUT2D eigenvalue weighted by Crippen LogP contribution is -2.39. The maximum Gasteiger partial charge on any atom is 0.416 e. The minimum Gasteiger partial charge on any atom is -0.469 e. The molecule has 4 aromatic rings. The van der Waals surface area contributed by atoms with Crippen LogP contribution in [0.3, 0.4) is 0 Å². The number of pyridine rings is 1. The van der Waals surface area contributed by atoms with Gasteiger partial charge in [0.25, 0.3) is 0 Å². The fourth-order valence-electron chi connectivity index (χ4n) is 4.66. The average Bonchev–Trinajstić information content (AvgIpc) is 3.32. The lowest BCUT2D eigenvalue weighted by atomic mass is 9.96. The summed E-state index contributed by atoms with van der Waals surface area (Å²) in [5.74, 6) is 0.919. The van der Waals surface area contributed by atoms with Crippen LogP contribution in [-0.2, 0) is 28.7 Å². The molecule has 2 aromatic heterocycles. The van der Waals surface area contributed by atoms with E-state index >= 15 is 0 Å². The summed E-state index contributed by atoms with van der Waals surface area (Å²) in [5, 5.41) is 3.23. The number of fused-ring (bicyclic) bond motifs is 2. The first kappa shape index (κ1) is 26.2. The van der Waals surface area contributed by atoms with E-state index in [1.165, 1.54) is 23.8 Å². The average molecular weight is 539 g/mol. The van der Waals surface area contributed by atoms with Gasteiger partial charge in [-0.05, 0) is 55.6 Å². The number of halogens is 3. The first-order valence-corrected chi connectivity index (χ1v) is 12.1. The maximum absolute atomic E-state index is 13.0. The number of benzene rings is 2. The predicted octanol–water partition coefficient (Wildman–Crippen LogP) is 5.85. The molecule has 0 fully saturated rings. The number of methoxy groups -OCH3 is 1. The highest BCUT2D eigenvalue weighted by Crippen LogP contribution is 2.34. The van der Waals surface area contributed by atoms with Crippen molar-refractivity contribution in [2.24, 2.45) is 0 Å². The zero-order valence-electron chi connectivity index (χ0n) is 21.2. The molecular formula is C28H25F3N4O4. The molecule has 39 heavy (non-hydrogen) atoms. The molecule has 1 unspecified atom stereocenters. The summed E-state index contributed by atoms with van der Waals surface area (Å²) in [6.45, 7) is 0.550. The van der Waals surface area contributed by atoms with Crippen molar-refractivity contribution in [3.8, 4) is 11.5 Å². The number of nitrogens with zero attached hydrogens (tertiary/aromatic N) is 3. The molecule has 1 aliphatic rings. The number of ether oxygens (including phenoxy) is 2. The molecule has 1 aliphatic heterocycles. The van der Waals surface area contributed by atoms with Crippen LogP contribution in [0.1, 0.15) is 23.2 Å². The summed E-state index contributed by atoms with van der Waals surface area (Å²) in [6.07, 6.45) is -0.440. The number of carbonyl (C=O) groups excluding carboxylic acids is 2. The molecule has 0 saturated heterocycles. The second kappa shape index (κ2) is 10.4. The third-order valence-electron chi connectivity index (χ3n) is 6.74. The van der Waals surface area contributed by atoms with Crippen LogP contribution in [0.15, 0.2) is 67.0 Å². The van der Waals surface area contributed by atoms with Gasteiger partial charge in [0.15, 0.2) is 0 Å². The number of esters is 1. The molecule has 8 nitrogen and oxygen atoms in total. The van der Waals surface area contributed by atoms with Crippen LogP contribution in [0, 0.1) is 0 Å². The monoisotopic (exact) mass is 538 g/mol. The van der Waals surface area contributed by atoms with Crippen LogP contribution in [0.2, 0.25) is 0 Å². The van der Waals surface area contributed by atoms with Crippen LogP contribution in [0.5, 0.6) is 11.5 Å². The third-order valence-corrected chi connectivity index (χ3v) is 6.74. The van der Waals surface area contributed by atoms with E-state index in [9.17, 15) is 22.8 Å². The summed E-state index contributed by atoms with van der Waals surface area (Å²) in [6, 6.07) is 12.6. The van der Waals surface area contributed by atoms with Gasteiger partial charge < -0.3 is 14.8 Å². The third kappa shape index (κ3) is 5.58. The summed E-state index contributed by atoms with van der Waals surface area (Å²) >= 11 is 0. The smallest absolute Gasteiger partial charge is 0.416 e. The number of alkyl halides is 3. The second-order valence-electron chi connectivity index (χ2n) is 9.30. The molecule has 5 rings (SSSR count). The predicted molar refractivity (Wildman–Crippen MR) is 138 cm³/mol. The minimum absolute atomic E-state index is 0.0223. The molecule has 1 N–H and O–H groups in total. The van der Waals surface area contributed by atoms with Crippen LogP contribution < -0.4 is 10.1 Å². The number of hydrogen-bond donors (Lipinski definition) is 1. The van der Waals surface area contributed by atoms with Gasteiger partial charge >= 0.3 is 18.2 Å². The van der Waals surface area contributed by atoms with Crippen molar-refractivity contribution in [3.05, 3.63) is 83.8 Å². The van der Waals surface area contributed by atoms with Gasteiger partial charge in [0.05, 0.1) is 30.3 Å². The van der Waals surface area contributed by atoms with E-state index in [4.69, 9.17) is 9.47 Å². The minimum atomic E-state index is -4.51. The van der Waals surface area contributed by atoms with Gasteiger partial charge in [0.2, 0.25) is 0 Å². The van der Waals surface area contributed by atoms with E-state index in [1.807, 2.05) is 7.05 Å². The Labute approximate surface area is 222 Å². The standard InChI is InChI=1S/C28H25F3N4O4/c1-34-16-22-23(14-20(34)15-26(36)38-2)32-10-8-25(22)39-21-6-7-24-17(12-21)9-11-35(24)27(37)33-19-5-3-4-18(13-19)28(29,30)31/h3-13,20H,14-16H2,1-2H3,(H,33,37). The van der Waals surface area contributed by atoms with Gasteiger partial charge in [-0.15, -0.1) is 0 Å². The molecule has 11 heteroatoms. The van der Waals surface area contributed by atoms with Crippen molar-refractivity contribution in [1.29, 1.82) is 0 Å². The zero-order valence-corrected chi connectivity index (χ0v) is 21.2. The maximum atomic E-state index is 13.0. The quantitative estimate of drug-likeness (QED) is 0.321. The number of nitrogens with one attached hydrogen (secondary N) is 1. The Balaban J connectivity index is 1.33. The fourth-order valence-corrected chi connectivity index (χ4v) is 4.66. The van der Waals surface area contributed by atoms with Gasteiger partial charge in [-0.1, -0.05) is 6.07 Å². The highest BCUT2D eigenvalue weighted by Gasteiger charge is 2.31. The molecule has 1 amide bonds. The van der Waals surface area contributed by atoms with E-state index in [0.717, 1.165) is 23.4 Å². The van der Waals surface area contributed by atoms with Crippen LogP contribution in [0.4, 0.5) is 23.7 Å². The highest BCUT2D eigenvalue weighted by molar-refractivity contribution is 5.98. The molecule has 0 bridgehead atoms. The molecule has 2 aromatic carbocycles. The molecule has 0 aliphatic carbocycles. The number of anilines is 1. The fraction of sp³-hybridized carbons (Fsp3) is 0.250. The van der Waals surface area contributed by atoms with Gasteiger partial charge in [-0.3, -0.25) is 19.2 Å². The number of amides is 1. The van der Waals surface area contributed by atoms with Gasteiger partial charge in [-0.2, -0.15) is 13.2 Å². The van der Waals surface area contributed by atoms with Crippen LogP contribution in [-0.4, -0.2) is 46.7 Å². The first-order valence-electron chi connectivity index (χ1n) is 12.1. The molecule has 202 valence electrons. The Kier molecular flexibility index (Phi) is 7.00. The number of rotatable bonds is 5. The Hall–Kier alpha value is -4.38. The Bertz CT molecular complexity index is 1550. The Morgan fingerprint density at radius 1 is 1.13 bits per heavy atom. The summed E-state index contributed by atoms with van der Waals surface area (Å²) in [5.41, 5.74) is 1.55. The summed E-state index contributed by atoms with van der Waals surface area (Å²) in [4.78, 5) is 31.2. The first-order chi connectivity index (χ1) is 18.6. The van der Waals surface area contributed by atoms with Crippen LogP contribution in [0.25, 0.3) is 10.9 Å². The molecule has 1 atom stereocenters. The lowest BCUT2D eigenvalue weighted by molar-refractivity contribution is -0.142. The van der Waals surface area contributed by atoms with E-state index in [2.05, 4.69) is 15.2 Å².